The van der Waals surface area contributed by atoms with E-state index in [1.165, 1.54) is 0 Å². The molecule has 0 N–H and O–H groups in total. The summed E-state index contributed by atoms with van der Waals surface area (Å²) in [5.74, 6) is 0.758. The molecule has 1 aromatic carbocycles. The van der Waals surface area contributed by atoms with Crippen LogP contribution in [0.5, 0.6) is 5.75 Å². The largest absolute Gasteiger partial charge is 0.496 e. The fourth-order valence-corrected chi connectivity index (χ4v) is 4.91. The zero-order chi connectivity index (χ0) is 17.9. The molecule has 0 spiro atoms. The Balaban J connectivity index is 1.93. The van der Waals surface area contributed by atoms with E-state index in [1.54, 1.807) is 7.11 Å². The topological polar surface area (TPSA) is 52.6 Å². The molecule has 0 saturated carbocycles. The number of ketones is 1. The quantitative estimate of drug-likeness (QED) is 0.766. The third-order valence-electron chi connectivity index (χ3n) is 6.34. The van der Waals surface area contributed by atoms with Crippen molar-refractivity contribution in [1.82, 2.24) is 0 Å². The third kappa shape index (κ3) is 2.12. The second-order valence-electron chi connectivity index (χ2n) is 7.96. The maximum atomic E-state index is 13.1. The number of esters is 1. The Morgan fingerprint density at radius 2 is 2.04 bits per heavy atom. The van der Waals surface area contributed by atoms with Crippen molar-refractivity contribution in [2.75, 3.05) is 13.7 Å². The van der Waals surface area contributed by atoms with Gasteiger partial charge in [-0.2, -0.15) is 0 Å². The molecule has 132 valence electrons. The summed E-state index contributed by atoms with van der Waals surface area (Å²) in [5.41, 5.74) is 4.44. The number of carbonyl (C=O) groups excluding carboxylic acids is 2. The minimum Gasteiger partial charge on any atom is -0.496 e. The van der Waals surface area contributed by atoms with E-state index in [-0.39, 0.29) is 29.0 Å². The van der Waals surface area contributed by atoms with Gasteiger partial charge in [0.2, 0.25) is 0 Å². The molecular weight excluding hydrogens is 316 g/mol. The van der Waals surface area contributed by atoms with Crippen LogP contribution in [0.3, 0.4) is 0 Å². The average Bonchev–Trinajstić information content (AvgIpc) is 2.96. The van der Waals surface area contributed by atoms with Crippen LogP contribution in [0, 0.1) is 5.92 Å². The predicted octanol–water partition coefficient (Wildman–Crippen LogP) is 3.93. The maximum absolute atomic E-state index is 13.1. The fraction of sp³-hybridized carbons (Fsp3) is 0.524. The average molecular weight is 340 g/mol. The summed E-state index contributed by atoms with van der Waals surface area (Å²) in [7, 11) is 1.64. The summed E-state index contributed by atoms with van der Waals surface area (Å²) >= 11 is 0. The van der Waals surface area contributed by atoms with Crippen LogP contribution in [0.15, 0.2) is 23.3 Å². The number of methoxy groups -OCH3 is 1. The van der Waals surface area contributed by atoms with Gasteiger partial charge in [-0.25, -0.2) is 4.79 Å². The van der Waals surface area contributed by atoms with Crippen LogP contribution in [0.25, 0.3) is 0 Å². The predicted molar refractivity (Wildman–Crippen MR) is 94.1 cm³/mol. The van der Waals surface area contributed by atoms with E-state index < -0.39 is 0 Å². The van der Waals surface area contributed by atoms with Crippen LogP contribution < -0.4 is 4.74 Å². The molecule has 0 bridgehead atoms. The number of fused-ring (bicyclic) bond motifs is 4. The van der Waals surface area contributed by atoms with E-state index in [9.17, 15) is 9.59 Å². The SMILES string of the molecule is COc1c(C(C)C)ccc2c1C(=O)C[C@H]1C3=C(CC[C@]21C)COC3=O. The van der Waals surface area contributed by atoms with Crippen molar-refractivity contribution in [3.8, 4) is 5.75 Å². The Hall–Kier alpha value is -2.10. The van der Waals surface area contributed by atoms with Crippen LogP contribution in [-0.4, -0.2) is 25.5 Å². The summed E-state index contributed by atoms with van der Waals surface area (Å²) in [4.78, 5) is 25.4. The van der Waals surface area contributed by atoms with E-state index in [0.717, 1.165) is 40.7 Å². The smallest absolute Gasteiger partial charge is 0.334 e. The molecule has 1 heterocycles. The molecule has 0 fully saturated rings. The number of rotatable bonds is 2. The summed E-state index contributed by atoms with van der Waals surface area (Å²) in [5, 5.41) is 0. The highest BCUT2D eigenvalue weighted by Crippen LogP contribution is 2.55. The van der Waals surface area contributed by atoms with Crippen molar-refractivity contribution in [3.63, 3.8) is 0 Å². The molecule has 25 heavy (non-hydrogen) atoms. The first-order chi connectivity index (χ1) is 11.9. The van der Waals surface area contributed by atoms with Gasteiger partial charge in [-0.3, -0.25) is 4.79 Å². The van der Waals surface area contributed by atoms with Gasteiger partial charge in [0, 0.05) is 23.3 Å². The van der Waals surface area contributed by atoms with E-state index in [4.69, 9.17) is 9.47 Å². The number of cyclic esters (lactones) is 1. The van der Waals surface area contributed by atoms with Gasteiger partial charge in [0.05, 0.1) is 12.7 Å². The van der Waals surface area contributed by atoms with Gasteiger partial charge in [0.25, 0.3) is 0 Å². The van der Waals surface area contributed by atoms with Crippen molar-refractivity contribution in [2.45, 2.75) is 51.4 Å². The maximum Gasteiger partial charge on any atom is 0.334 e. The first-order valence-electron chi connectivity index (χ1n) is 9.02. The lowest BCUT2D eigenvalue weighted by Crippen LogP contribution is -2.43. The molecule has 3 aliphatic rings. The van der Waals surface area contributed by atoms with Gasteiger partial charge in [-0.15, -0.1) is 0 Å². The molecule has 0 unspecified atom stereocenters. The van der Waals surface area contributed by atoms with Gasteiger partial charge in [0.1, 0.15) is 12.4 Å². The van der Waals surface area contributed by atoms with Crippen molar-refractivity contribution in [3.05, 3.63) is 40.0 Å². The molecule has 2 atom stereocenters. The lowest BCUT2D eigenvalue weighted by molar-refractivity contribution is -0.136. The van der Waals surface area contributed by atoms with Gasteiger partial charge in [-0.1, -0.05) is 32.9 Å². The molecule has 0 saturated heterocycles. The highest BCUT2D eigenvalue weighted by molar-refractivity contribution is 6.04. The van der Waals surface area contributed by atoms with Crippen molar-refractivity contribution >= 4 is 11.8 Å². The van der Waals surface area contributed by atoms with Crippen molar-refractivity contribution in [2.24, 2.45) is 5.92 Å². The lowest BCUT2D eigenvalue weighted by Gasteiger charge is -2.46. The van der Waals surface area contributed by atoms with Gasteiger partial charge in [-0.05, 0) is 35.5 Å². The third-order valence-corrected chi connectivity index (χ3v) is 6.34. The summed E-state index contributed by atoms with van der Waals surface area (Å²) in [6.45, 7) is 6.80. The van der Waals surface area contributed by atoms with Crippen molar-refractivity contribution in [1.29, 1.82) is 0 Å². The molecule has 4 rings (SSSR count). The molecule has 2 aliphatic carbocycles. The number of Topliss-reactive ketones (excluding diaryl/α,β-unsaturated/α-hetero) is 1. The number of carbonyl (C=O) groups is 2. The second-order valence-corrected chi connectivity index (χ2v) is 7.96. The molecular formula is C21H24O4. The highest BCUT2D eigenvalue weighted by Gasteiger charge is 2.52. The Bertz CT molecular complexity index is 817. The molecule has 0 aromatic heterocycles. The summed E-state index contributed by atoms with van der Waals surface area (Å²) in [6, 6.07) is 4.17. The zero-order valence-corrected chi connectivity index (χ0v) is 15.3. The van der Waals surface area contributed by atoms with E-state index in [2.05, 4.69) is 32.9 Å². The number of hydrogen-bond acceptors (Lipinski definition) is 4. The minimum absolute atomic E-state index is 0.0743. The van der Waals surface area contributed by atoms with Crippen LogP contribution in [0.1, 0.15) is 67.4 Å². The molecule has 0 amide bonds. The Morgan fingerprint density at radius 1 is 1.28 bits per heavy atom. The minimum atomic E-state index is -0.229. The molecule has 4 heteroatoms. The summed E-state index contributed by atoms with van der Waals surface area (Å²) < 4.78 is 10.9. The Kier molecular flexibility index (Phi) is 3.57. The van der Waals surface area contributed by atoms with Gasteiger partial charge >= 0.3 is 5.97 Å². The Morgan fingerprint density at radius 3 is 2.72 bits per heavy atom. The number of hydrogen-bond donors (Lipinski definition) is 0. The normalized spacial score (nSPS) is 27.8. The monoisotopic (exact) mass is 340 g/mol. The first-order valence-corrected chi connectivity index (χ1v) is 9.02. The lowest BCUT2D eigenvalue weighted by atomic mass is 9.56. The van der Waals surface area contributed by atoms with Crippen LogP contribution in [0.2, 0.25) is 0 Å². The van der Waals surface area contributed by atoms with Gasteiger partial charge < -0.3 is 9.47 Å². The van der Waals surface area contributed by atoms with E-state index >= 15 is 0 Å². The number of benzene rings is 1. The first kappa shape index (κ1) is 16.4. The standard InChI is InChI=1S/C21H24O4/c1-11(2)13-5-6-14-18(19(13)24-4)16(22)9-15-17-12(10-25-20(17)23)7-8-21(14,15)3/h5-6,11,15H,7-10H2,1-4H3/t15-,21+/m0/s1. The number of ether oxygens (including phenoxy) is 2. The molecule has 1 aliphatic heterocycles. The van der Waals surface area contributed by atoms with Crippen molar-refractivity contribution < 1.29 is 19.1 Å². The van der Waals surface area contributed by atoms with Crippen LogP contribution in [-0.2, 0) is 14.9 Å². The van der Waals surface area contributed by atoms with E-state index in [1.807, 2.05) is 0 Å². The highest BCUT2D eigenvalue weighted by atomic mass is 16.5. The molecule has 4 nitrogen and oxygen atoms in total. The second kappa shape index (κ2) is 5.45. The fourth-order valence-electron chi connectivity index (χ4n) is 4.91. The summed E-state index contributed by atoms with van der Waals surface area (Å²) in [6.07, 6.45) is 2.14. The molecule has 0 radical (unpaired) electrons. The zero-order valence-electron chi connectivity index (χ0n) is 15.3. The van der Waals surface area contributed by atoms with Crippen LogP contribution in [0.4, 0.5) is 0 Å². The van der Waals surface area contributed by atoms with Crippen LogP contribution >= 0.6 is 0 Å². The van der Waals surface area contributed by atoms with Gasteiger partial charge in [0.15, 0.2) is 5.78 Å². The Labute approximate surface area is 148 Å². The molecule has 1 aromatic rings. The van der Waals surface area contributed by atoms with E-state index in [0.29, 0.717) is 18.8 Å².